The first kappa shape index (κ1) is 19.4. The Hall–Kier alpha value is -2.40. The first-order chi connectivity index (χ1) is 13.0. The molecule has 0 atom stereocenters. The van der Waals surface area contributed by atoms with E-state index in [2.05, 4.69) is 0 Å². The lowest BCUT2D eigenvalue weighted by Crippen LogP contribution is -2.11. The molecule has 0 saturated carbocycles. The Labute approximate surface area is 171 Å². The molecule has 0 radical (unpaired) electrons. The predicted molar refractivity (Wildman–Crippen MR) is 105 cm³/mol. The Morgan fingerprint density at radius 2 is 1.44 bits per heavy atom. The van der Waals surface area contributed by atoms with Gasteiger partial charge in [0.1, 0.15) is 12.4 Å². The largest absolute Gasteiger partial charge is 0.514 e. The van der Waals surface area contributed by atoms with Gasteiger partial charge in [-0.05, 0) is 35.9 Å². The fourth-order valence-electron chi connectivity index (χ4n) is 2.16. The highest BCUT2D eigenvalue weighted by Crippen LogP contribution is 2.37. The van der Waals surface area contributed by atoms with Crippen LogP contribution >= 0.6 is 34.8 Å². The standard InChI is InChI=1S/C20H13Cl3O4/c21-14-6-8-17(16(23)10-14)26-18-9-7-15(22)11-19(18)27-20(24)25-12-13-4-2-1-3-5-13/h1-11H,12H2. The monoisotopic (exact) mass is 422 g/mol. The van der Waals surface area contributed by atoms with E-state index < -0.39 is 6.16 Å². The van der Waals surface area contributed by atoms with Crippen molar-refractivity contribution in [3.63, 3.8) is 0 Å². The van der Waals surface area contributed by atoms with E-state index in [1.807, 2.05) is 30.3 Å². The molecule has 0 heterocycles. The summed E-state index contributed by atoms with van der Waals surface area (Å²) in [6, 6.07) is 18.6. The fraction of sp³-hybridized carbons (Fsp3) is 0.0500. The average molecular weight is 424 g/mol. The molecule has 0 N–H and O–H groups in total. The number of hydrogen-bond donors (Lipinski definition) is 0. The maximum atomic E-state index is 12.0. The summed E-state index contributed by atoms with van der Waals surface area (Å²) in [6.07, 6.45) is -0.881. The van der Waals surface area contributed by atoms with Crippen LogP contribution in [0.4, 0.5) is 4.79 Å². The lowest BCUT2D eigenvalue weighted by molar-refractivity contribution is 0.0919. The van der Waals surface area contributed by atoms with Gasteiger partial charge in [-0.1, -0.05) is 65.1 Å². The van der Waals surface area contributed by atoms with Gasteiger partial charge in [0.2, 0.25) is 0 Å². The van der Waals surface area contributed by atoms with E-state index in [4.69, 9.17) is 49.0 Å². The van der Waals surface area contributed by atoms with Crippen molar-refractivity contribution in [1.29, 1.82) is 0 Å². The Balaban J connectivity index is 1.72. The van der Waals surface area contributed by atoms with Crippen molar-refractivity contribution in [3.05, 3.63) is 87.4 Å². The first-order valence-corrected chi connectivity index (χ1v) is 8.95. The number of carbonyl (C=O) groups is 1. The van der Waals surface area contributed by atoms with Gasteiger partial charge in [0.15, 0.2) is 11.5 Å². The summed E-state index contributed by atoms with van der Waals surface area (Å²) in [5.41, 5.74) is 0.838. The topological polar surface area (TPSA) is 44.8 Å². The van der Waals surface area contributed by atoms with Crippen molar-refractivity contribution in [3.8, 4) is 17.2 Å². The van der Waals surface area contributed by atoms with E-state index in [0.717, 1.165) is 5.56 Å². The zero-order chi connectivity index (χ0) is 19.2. The molecular weight excluding hydrogens is 411 g/mol. The number of benzene rings is 3. The summed E-state index contributed by atoms with van der Waals surface area (Å²) >= 11 is 18.0. The molecule has 3 aromatic carbocycles. The normalized spacial score (nSPS) is 10.3. The van der Waals surface area contributed by atoms with Crippen LogP contribution in [0.25, 0.3) is 0 Å². The number of rotatable bonds is 5. The van der Waals surface area contributed by atoms with Gasteiger partial charge in [0, 0.05) is 16.1 Å². The van der Waals surface area contributed by atoms with Crippen molar-refractivity contribution in [1.82, 2.24) is 0 Å². The van der Waals surface area contributed by atoms with E-state index in [-0.39, 0.29) is 18.1 Å². The van der Waals surface area contributed by atoms with Crippen molar-refractivity contribution in [2.24, 2.45) is 0 Å². The van der Waals surface area contributed by atoms with Gasteiger partial charge in [0.05, 0.1) is 5.02 Å². The zero-order valence-electron chi connectivity index (χ0n) is 13.8. The van der Waals surface area contributed by atoms with Crippen molar-refractivity contribution in [2.45, 2.75) is 6.61 Å². The summed E-state index contributed by atoms with van der Waals surface area (Å²) < 4.78 is 16.1. The minimum absolute atomic E-state index is 0.0828. The Kier molecular flexibility index (Phi) is 6.45. The molecule has 0 spiro atoms. The van der Waals surface area contributed by atoms with Gasteiger partial charge in [-0.25, -0.2) is 4.79 Å². The molecule has 0 aliphatic heterocycles. The fourth-order valence-corrected chi connectivity index (χ4v) is 2.77. The number of halogens is 3. The van der Waals surface area contributed by atoms with Crippen LogP contribution in [-0.4, -0.2) is 6.16 Å². The van der Waals surface area contributed by atoms with Crippen LogP contribution in [0.5, 0.6) is 17.2 Å². The number of carbonyl (C=O) groups excluding carboxylic acids is 1. The predicted octanol–water partition coefficient (Wildman–Crippen LogP) is 7.15. The molecule has 7 heteroatoms. The van der Waals surface area contributed by atoms with Gasteiger partial charge in [-0.2, -0.15) is 0 Å². The van der Waals surface area contributed by atoms with Crippen LogP contribution in [-0.2, 0) is 11.3 Å². The molecule has 0 aliphatic carbocycles. The van der Waals surface area contributed by atoms with Crippen LogP contribution in [0, 0.1) is 0 Å². The Morgan fingerprint density at radius 3 is 2.15 bits per heavy atom. The molecule has 3 rings (SSSR count). The van der Waals surface area contributed by atoms with Gasteiger partial charge in [-0.15, -0.1) is 0 Å². The highest BCUT2D eigenvalue weighted by Gasteiger charge is 2.15. The SMILES string of the molecule is O=C(OCc1ccccc1)Oc1cc(Cl)ccc1Oc1ccc(Cl)cc1Cl. The maximum absolute atomic E-state index is 12.0. The number of hydrogen-bond acceptors (Lipinski definition) is 4. The Morgan fingerprint density at radius 1 is 0.778 bits per heavy atom. The first-order valence-electron chi connectivity index (χ1n) is 7.82. The van der Waals surface area contributed by atoms with Gasteiger partial charge in [-0.3, -0.25) is 0 Å². The molecule has 3 aromatic rings. The third-order valence-corrected chi connectivity index (χ3v) is 4.18. The summed E-state index contributed by atoms with van der Waals surface area (Å²) in [5.74, 6) is 0.706. The van der Waals surface area contributed by atoms with Crippen molar-refractivity contribution >= 4 is 41.0 Å². The highest BCUT2D eigenvalue weighted by molar-refractivity contribution is 6.35. The second kappa shape index (κ2) is 9.00. The average Bonchev–Trinajstić information content (AvgIpc) is 2.65. The third kappa shape index (κ3) is 5.54. The lowest BCUT2D eigenvalue weighted by atomic mass is 10.2. The lowest BCUT2D eigenvalue weighted by Gasteiger charge is -2.13. The smallest absolute Gasteiger partial charge is 0.452 e. The van der Waals surface area contributed by atoms with E-state index in [1.165, 1.54) is 6.07 Å². The molecule has 0 aromatic heterocycles. The quantitative estimate of drug-likeness (QED) is 0.323. The summed E-state index contributed by atoms with van der Waals surface area (Å²) in [4.78, 5) is 12.0. The van der Waals surface area contributed by atoms with Crippen LogP contribution in [0.2, 0.25) is 15.1 Å². The number of ether oxygens (including phenoxy) is 3. The molecule has 0 saturated heterocycles. The maximum Gasteiger partial charge on any atom is 0.514 e. The second-order valence-electron chi connectivity index (χ2n) is 5.39. The zero-order valence-corrected chi connectivity index (χ0v) is 16.1. The molecule has 4 nitrogen and oxygen atoms in total. The van der Waals surface area contributed by atoms with Crippen LogP contribution in [0.1, 0.15) is 5.56 Å². The minimum atomic E-state index is -0.881. The van der Waals surface area contributed by atoms with E-state index in [9.17, 15) is 4.79 Å². The van der Waals surface area contributed by atoms with Crippen LogP contribution in [0.3, 0.4) is 0 Å². The third-order valence-electron chi connectivity index (χ3n) is 3.41. The van der Waals surface area contributed by atoms with Crippen LogP contribution < -0.4 is 9.47 Å². The summed E-state index contributed by atoms with van der Waals surface area (Å²) in [6.45, 7) is 0.0828. The Bertz CT molecular complexity index is 945. The van der Waals surface area contributed by atoms with Crippen LogP contribution in [0.15, 0.2) is 66.7 Å². The minimum Gasteiger partial charge on any atom is -0.452 e. The van der Waals surface area contributed by atoms with E-state index in [0.29, 0.717) is 20.8 Å². The highest BCUT2D eigenvalue weighted by atomic mass is 35.5. The second-order valence-corrected chi connectivity index (χ2v) is 6.67. The molecule has 0 unspecified atom stereocenters. The molecule has 0 aliphatic rings. The van der Waals surface area contributed by atoms with Gasteiger partial charge in [0.25, 0.3) is 0 Å². The van der Waals surface area contributed by atoms with Crippen molar-refractivity contribution in [2.75, 3.05) is 0 Å². The summed E-state index contributed by atoms with van der Waals surface area (Å²) in [5, 5.41) is 1.16. The van der Waals surface area contributed by atoms with Gasteiger partial charge >= 0.3 is 6.16 Å². The van der Waals surface area contributed by atoms with E-state index >= 15 is 0 Å². The molecule has 0 bridgehead atoms. The van der Waals surface area contributed by atoms with Crippen molar-refractivity contribution < 1.29 is 19.0 Å². The summed E-state index contributed by atoms with van der Waals surface area (Å²) in [7, 11) is 0. The molecule has 0 fully saturated rings. The van der Waals surface area contributed by atoms with Gasteiger partial charge < -0.3 is 14.2 Å². The molecule has 0 amide bonds. The van der Waals surface area contributed by atoms with E-state index in [1.54, 1.807) is 30.3 Å². The molecular formula is C20H13Cl3O4. The molecule has 27 heavy (non-hydrogen) atoms. The molecule has 138 valence electrons.